The van der Waals surface area contributed by atoms with E-state index in [-0.39, 0.29) is 0 Å². The maximum atomic E-state index is 9.85. The lowest BCUT2D eigenvalue weighted by atomic mass is 10.2. The SMILES string of the molecule is Cc1cccc(C(O)c2ccco2)n1. The Kier molecular flexibility index (Phi) is 2.33. The maximum absolute atomic E-state index is 9.85. The van der Waals surface area contributed by atoms with Gasteiger partial charge in [-0.3, -0.25) is 4.98 Å². The number of furan rings is 1. The van der Waals surface area contributed by atoms with E-state index in [1.165, 1.54) is 6.26 Å². The lowest BCUT2D eigenvalue weighted by molar-refractivity contribution is 0.184. The van der Waals surface area contributed by atoms with Gasteiger partial charge in [0.2, 0.25) is 0 Å². The van der Waals surface area contributed by atoms with Crippen LogP contribution in [0.2, 0.25) is 0 Å². The Morgan fingerprint density at radius 1 is 1.29 bits per heavy atom. The van der Waals surface area contributed by atoms with Crippen LogP contribution in [0.5, 0.6) is 0 Å². The molecular formula is C11H11NO2. The standard InChI is InChI=1S/C11H11NO2/c1-8-4-2-5-9(12-8)11(13)10-6-3-7-14-10/h2-7,11,13H,1H3. The quantitative estimate of drug-likeness (QED) is 0.786. The molecule has 1 unspecified atom stereocenters. The average Bonchev–Trinajstić information content (AvgIpc) is 2.69. The van der Waals surface area contributed by atoms with Gasteiger partial charge in [-0.05, 0) is 31.2 Å². The Labute approximate surface area is 82.0 Å². The molecule has 3 nitrogen and oxygen atoms in total. The molecule has 0 aliphatic rings. The summed E-state index contributed by atoms with van der Waals surface area (Å²) in [5.74, 6) is 0.517. The summed E-state index contributed by atoms with van der Waals surface area (Å²) in [6, 6.07) is 9.01. The van der Waals surface area contributed by atoms with E-state index in [4.69, 9.17) is 4.42 Å². The van der Waals surface area contributed by atoms with Gasteiger partial charge in [-0.2, -0.15) is 0 Å². The predicted octanol–water partition coefficient (Wildman–Crippen LogP) is 2.06. The largest absolute Gasteiger partial charge is 0.466 e. The number of hydrogen-bond acceptors (Lipinski definition) is 3. The molecule has 0 aliphatic carbocycles. The Morgan fingerprint density at radius 2 is 2.14 bits per heavy atom. The van der Waals surface area contributed by atoms with Gasteiger partial charge in [0.05, 0.1) is 12.0 Å². The highest BCUT2D eigenvalue weighted by molar-refractivity contribution is 5.19. The summed E-state index contributed by atoms with van der Waals surface area (Å²) < 4.78 is 5.10. The van der Waals surface area contributed by atoms with Crippen molar-refractivity contribution in [1.82, 2.24) is 4.98 Å². The summed E-state index contributed by atoms with van der Waals surface area (Å²) in [4.78, 5) is 4.22. The van der Waals surface area contributed by atoms with Gasteiger partial charge >= 0.3 is 0 Å². The van der Waals surface area contributed by atoms with Gasteiger partial charge in [0.15, 0.2) is 6.10 Å². The first-order valence-electron chi connectivity index (χ1n) is 4.42. The Hall–Kier alpha value is -1.61. The van der Waals surface area contributed by atoms with Crippen molar-refractivity contribution in [3.05, 3.63) is 53.7 Å². The Balaban J connectivity index is 2.32. The molecule has 1 N–H and O–H groups in total. The topological polar surface area (TPSA) is 46.3 Å². The molecule has 0 bridgehead atoms. The third kappa shape index (κ3) is 1.67. The van der Waals surface area contributed by atoms with Crippen LogP contribution in [0.3, 0.4) is 0 Å². The monoisotopic (exact) mass is 189 g/mol. The van der Waals surface area contributed by atoms with Crippen molar-refractivity contribution in [1.29, 1.82) is 0 Å². The second-order valence-electron chi connectivity index (χ2n) is 3.12. The van der Waals surface area contributed by atoms with Crippen LogP contribution >= 0.6 is 0 Å². The number of aromatic nitrogens is 1. The van der Waals surface area contributed by atoms with Crippen LogP contribution in [0, 0.1) is 6.92 Å². The van der Waals surface area contributed by atoms with Gasteiger partial charge in [-0.15, -0.1) is 0 Å². The molecule has 1 atom stereocenters. The second kappa shape index (κ2) is 3.64. The summed E-state index contributed by atoms with van der Waals surface area (Å²) in [6.07, 6.45) is 0.763. The summed E-state index contributed by atoms with van der Waals surface area (Å²) >= 11 is 0. The summed E-state index contributed by atoms with van der Waals surface area (Å²) in [5, 5.41) is 9.85. The van der Waals surface area contributed by atoms with Crippen LogP contribution in [-0.2, 0) is 0 Å². The first-order chi connectivity index (χ1) is 6.77. The van der Waals surface area contributed by atoms with E-state index in [1.54, 1.807) is 18.2 Å². The highest BCUT2D eigenvalue weighted by Crippen LogP contribution is 2.20. The minimum atomic E-state index is -0.773. The summed E-state index contributed by atoms with van der Waals surface area (Å²) in [6.45, 7) is 1.89. The fraction of sp³-hybridized carbons (Fsp3) is 0.182. The fourth-order valence-electron chi connectivity index (χ4n) is 1.31. The first-order valence-corrected chi connectivity index (χ1v) is 4.42. The molecule has 0 saturated heterocycles. The highest BCUT2D eigenvalue weighted by Gasteiger charge is 2.13. The number of rotatable bonds is 2. The van der Waals surface area contributed by atoms with Gasteiger partial charge in [0.25, 0.3) is 0 Å². The maximum Gasteiger partial charge on any atom is 0.153 e. The number of aryl methyl sites for hydroxylation is 1. The summed E-state index contributed by atoms with van der Waals surface area (Å²) in [5.41, 5.74) is 1.49. The molecule has 3 heteroatoms. The van der Waals surface area contributed by atoms with Gasteiger partial charge in [0, 0.05) is 5.69 Å². The fourth-order valence-corrected chi connectivity index (χ4v) is 1.31. The lowest BCUT2D eigenvalue weighted by Crippen LogP contribution is -2.01. The third-order valence-corrected chi connectivity index (χ3v) is 2.00. The average molecular weight is 189 g/mol. The van der Waals surface area contributed by atoms with Gasteiger partial charge in [-0.25, -0.2) is 0 Å². The van der Waals surface area contributed by atoms with Gasteiger partial charge in [-0.1, -0.05) is 6.07 Å². The molecule has 2 aromatic rings. The number of nitrogens with zero attached hydrogens (tertiary/aromatic N) is 1. The molecule has 72 valence electrons. The lowest BCUT2D eigenvalue weighted by Gasteiger charge is -2.07. The first kappa shape index (κ1) is 8.97. The summed E-state index contributed by atoms with van der Waals surface area (Å²) in [7, 11) is 0. The van der Waals surface area contributed by atoms with E-state index >= 15 is 0 Å². The van der Waals surface area contributed by atoms with E-state index in [9.17, 15) is 5.11 Å². The van der Waals surface area contributed by atoms with E-state index in [0.29, 0.717) is 11.5 Å². The number of aliphatic hydroxyl groups excluding tert-OH is 1. The minimum Gasteiger partial charge on any atom is -0.466 e. The zero-order valence-electron chi connectivity index (χ0n) is 7.84. The molecule has 0 aliphatic heterocycles. The number of aliphatic hydroxyl groups is 1. The third-order valence-electron chi connectivity index (χ3n) is 2.00. The molecule has 2 heterocycles. The van der Waals surface area contributed by atoms with Crippen molar-refractivity contribution in [3.63, 3.8) is 0 Å². The van der Waals surface area contributed by atoms with Crippen molar-refractivity contribution in [2.45, 2.75) is 13.0 Å². The molecule has 0 amide bonds. The van der Waals surface area contributed by atoms with Crippen LogP contribution in [0.1, 0.15) is 23.3 Å². The molecule has 0 fully saturated rings. The van der Waals surface area contributed by atoms with Crippen LogP contribution in [0.4, 0.5) is 0 Å². The van der Waals surface area contributed by atoms with Crippen molar-refractivity contribution in [2.24, 2.45) is 0 Å². The predicted molar refractivity (Wildman–Crippen MR) is 51.7 cm³/mol. The minimum absolute atomic E-state index is 0.517. The Morgan fingerprint density at radius 3 is 2.79 bits per heavy atom. The van der Waals surface area contributed by atoms with Crippen LogP contribution in [-0.4, -0.2) is 10.1 Å². The smallest absolute Gasteiger partial charge is 0.153 e. The molecule has 0 spiro atoms. The Bertz CT molecular complexity index is 409. The number of hydrogen-bond donors (Lipinski definition) is 1. The van der Waals surface area contributed by atoms with E-state index in [2.05, 4.69) is 4.98 Å². The van der Waals surface area contributed by atoms with E-state index in [1.807, 2.05) is 19.1 Å². The van der Waals surface area contributed by atoms with Crippen LogP contribution < -0.4 is 0 Å². The van der Waals surface area contributed by atoms with Gasteiger partial charge in [0.1, 0.15) is 5.76 Å². The zero-order valence-corrected chi connectivity index (χ0v) is 7.84. The normalized spacial score (nSPS) is 12.7. The van der Waals surface area contributed by atoms with Crippen LogP contribution in [0.15, 0.2) is 41.0 Å². The van der Waals surface area contributed by atoms with Crippen molar-refractivity contribution < 1.29 is 9.52 Å². The molecule has 2 aromatic heterocycles. The molecule has 0 radical (unpaired) electrons. The van der Waals surface area contributed by atoms with Gasteiger partial charge < -0.3 is 9.52 Å². The van der Waals surface area contributed by atoms with Crippen molar-refractivity contribution in [2.75, 3.05) is 0 Å². The molecular weight excluding hydrogens is 178 g/mol. The molecule has 0 saturated carbocycles. The number of pyridine rings is 1. The molecule has 14 heavy (non-hydrogen) atoms. The zero-order chi connectivity index (χ0) is 9.97. The van der Waals surface area contributed by atoms with E-state index in [0.717, 1.165) is 5.69 Å². The molecule has 0 aromatic carbocycles. The second-order valence-corrected chi connectivity index (χ2v) is 3.12. The van der Waals surface area contributed by atoms with Crippen molar-refractivity contribution in [3.8, 4) is 0 Å². The highest BCUT2D eigenvalue weighted by atomic mass is 16.4. The van der Waals surface area contributed by atoms with E-state index < -0.39 is 6.10 Å². The van der Waals surface area contributed by atoms with Crippen LogP contribution in [0.25, 0.3) is 0 Å². The molecule has 2 rings (SSSR count). The van der Waals surface area contributed by atoms with Crippen molar-refractivity contribution >= 4 is 0 Å².